The first-order valence-electron chi connectivity index (χ1n) is 9.89. The van der Waals surface area contributed by atoms with Gasteiger partial charge in [-0.05, 0) is 56.3 Å². The Bertz CT molecular complexity index is 1160. The van der Waals surface area contributed by atoms with Crippen molar-refractivity contribution in [3.63, 3.8) is 0 Å². The first-order chi connectivity index (χ1) is 14.9. The van der Waals surface area contributed by atoms with Gasteiger partial charge in [-0.25, -0.2) is 9.69 Å². The number of nitrogens with zero attached hydrogens (tertiary/aromatic N) is 3. The molecule has 0 N–H and O–H groups in total. The maximum Gasteiger partial charge on any atom is 0.332 e. The number of para-hydroxylation sites is 2. The van der Waals surface area contributed by atoms with Gasteiger partial charge in [0.25, 0.3) is 5.91 Å². The number of carbonyl (C=O) groups excluding carboxylic acids is 2. The Morgan fingerprint density at radius 3 is 2.23 bits per heavy atom. The lowest BCUT2D eigenvalue weighted by Crippen LogP contribution is -2.43. The molecule has 0 atom stereocenters. The molecule has 1 aliphatic heterocycles. The average molecular weight is 411 g/mol. The van der Waals surface area contributed by atoms with Gasteiger partial charge in [0.2, 0.25) is 0 Å². The number of carbonyl (C=O) groups is 2. The number of hydrogen-bond acceptors (Lipinski definition) is 4. The molecule has 1 fully saturated rings. The van der Waals surface area contributed by atoms with E-state index in [0.29, 0.717) is 22.7 Å². The zero-order valence-electron chi connectivity index (χ0n) is 17.3. The number of ether oxygens (including phenoxy) is 1. The molecule has 0 spiro atoms. The number of imide groups is 1. The van der Waals surface area contributed by atoms with Gasteiger partial charge >= 0.3 is 6.03 Å². The van der Waals surface area contributed by atoms with E-state index < -0.39 is 11.6 Å². The van der Waals surface area contributed by atoms with E-state index in [1.165, 1.54) is 4.90 Å². The van der Waals surface area contributed by atoms with Crippen molar-refractivity contribution in [2.75, 3.05) is 4.90 Å². The summed E-state index contributed by atoms with van der Waals surface area (Å²) in [7, 11) is 0. The van der Waals surface area contributed by atoms with E-state index in [1.807, 2.05) is 60.7 Å². The van der Waals surface area contributed by atoms with Crippen LogP contribution in [0.15, 0.2) is 78.9 Å². The Hall–Kier alpha value is -4.11. The van der Waals surface area contributed by atoms with Crippen molar-refractivity contribution in [1.29, 1.82) is 5.26 Å². The minimum absolute atomic E-state index is 0.216. The summed E-state index contributed by atoms with van der Waals surface area (Å²) in [6.07, 6.45) is 0. The van der Waals surface area contributed by atoms with Crippen molar-refractivity contribution in [3.05, 3.63) is 90.0 Å². The van der Waals surface area contributed by atoms with Crippen LogP contribution in [0.4, 0.5) is 10.5 Å². The predicted molar refractivity (Wildman–Crippen MR) is 117 cm³/mol. The van der Waals surface area contributed by atoms with Crippen molar-refractivity contribution in [2.24, 2.45) is 0 Å². The molecule has 6 nitrogen and oxygen atoms in total. The van der Waals surface area contributed by atoms with Crippen LogP contribution in [0.25, 0.3) is 0 Å². The van der Waals surface area contributed by atoms with Gasteiger partial charge in [0.15, 0.2) is 0 Å². The zero-order valence-corrected chi connectivity index (χ0v) is 17.3. The van der Waals surface area contributed by atoms with E-state index in [9.17, 15) is 9.59 Å². The fraction of sp³-hybridized carbons (Fsp3) is 0.160. The van der Waals surface area contributed by atoms with Gasteiger partial charge in [-0.15, -0.1) is 0 Å². The van der Waals surface area contributed by atoms with Gasteiger partial charge in [0, 0.05) is 5.56 Å². The van der Waals surface area contributed by atoms with Crippen molar-refractivity contribution >= 4 is 17.6 Å². The van der Waals surface area contributed by atoms with Gasteiger partial charge in [0.1, 0.15) is 17.0 Å². The highest BCUT2D eigenvalue weighted by molar-refractivity contribution is 6.22. The van der Waals surface area contributed by atoms with Crippen molar-refractivity contribution in [3.8, 4) is 17.6 Å². The van der Waals surface area contributed by atoms with Crippen LogP contribution in [0.5, 0.6) is 11.5 Å². The molecule has 154 valence electrons. The summed E-state index contributed by atoms with van der Waals surface area (Å²) in [6.45, 7) is 3.68. The summed E-state index contributed by atoms with van der Waals surface area (Å²) < 4.78 is 6.02. The summed E-state index contributed by atoms with van der Waals surface area (Å²) in [6, 6.07) is 24.9. The first kappa shape index (κ1) is 20.2. The lowest BCUT2D eigenvalue weighted by molar-refractivity contribution is -0.123. The normalized spacial score (nSPS) is 15.1. The Morgan fingerprint density at radius 1 is 0.903 bits per heavy atom. The van der Waals surface area contributed by atoms with E-state index in [4.69, 9.17) is 10.00 Å². The molecule has 0 bridgehead atoms. The van der Waals surface area contributed by atoms with Crippen LogP contribution in [0.3, 0.4) is 0 Å². The maximum absolute atomic E-state index is 13.3. The molecular formula is C25H21N3O3. The Balaban J connectivity index is 1.63. The molecule has 6 heteroatoms. The highest BCUT2D eigenvalue weighted by Gasteiger charge is 2.51. The Kier molecular flexibility index (Phi) is 5.18. The standard InChI is InChI=1S/C25H21N3O3/c1-25(2)23(29)28(20-14-12-18(16-26)13-15-20)24(30)27(25)17-19-8-6-7-11-22(19)31-21-9-4-3-5-10-21/h3-15H,17H2,1-2H3. The molecule has 0 aliphatic carbocycles. The number of hydrogen-bond donors (Lipinski definition) is 0. The predicted octanol–water partition coefficient (Wildman–Crippen LogP) is 5.10. The average Bonchev–Trinajstić information content (AvgIpc) is 2.95. The van der Waals surface area contributed by atoms with Crippen LogP contribution in [0.1, 0.15) is 25.0 Å². The van der Waals surface area contributed by atoms with E-state index >= 15 is 0 Å². The molecule has 3 aromatic carbocycles. The maximum atomic E-state index is 13.3. The quantitative estimate of drug-likeness (QED) is 0.548. The van der Waals surface area contributed by atoms with E-state index in [1.54, 1.807) is 43.0 Å². The fourth-order valence-electron chi connectivity index (χ4n) is 3.53. The minimum atomic E-state index is -1.04. The summed E-state index contributed by atoms with van der Waals surface area (Å²) in [5.74, 6) is 1.00. The van der Waals surface area contributed by atoms with Crippen LogP contribution < -0.4 is 9.64 Å². The van der Waals surface area contributed by atoms with Gasteiger partial charge in [-0.2, -0.15) is 5.26 Å². The summed E-state index contributed by atoms with van der Waals surface area (Å²) in [4.78, 5) is 29.1. The van der Waals surface area contributed by atoms with Crippen LogP contribution in [0.2, 0.25) is 0 Å². The molecule has 0 aromatic heterocycles. The van der Waals surface area contributed by atoms with Crippen LogP contribution in [-0.4, -0.2) is 22.4 Å². The number of rotatable bonds is 5. The van der Waals surface area contributed by atoms with Gasteiger partial charge in [-0.1, -0.05) is 36.4 Å². The lowest BCUT2D eigenvalue weighted by Gasteiger charge is -2.28. The Labute approximate surface area is 180 Å². The van der Waals surface area contributed by atoms with Crippen LogP contribution in [0, 0.1) is 11.3 Å². The van der Waals surface area contributed by atoms with E-state index in [0.717, 1.165) is 5.56 Å². The van der Waals surface area contributed by atoms with Crippen LogP contribution in [-0.2, 0) is 11.3 Å². The molecule has 1 heterocycles. The van der Waals surface area contributed by atoms with Crippen molar-refractivity contribution in [2.45, 2.75) is 25.9 Å². The van der Waals surface area contributed by atoms with Crippen LogP contribution >= 0.6 is 0 Å². The highest BCUT2D eigenvalue weighted by Crippen LogP contribution is 2.35. The monoisotopic (exact) mass is 411 g/mol. The molecule has 1 saturated heterocycles. The number of urea groups is 1. The second-order valence-electron chi connectivity index (χ2n) is 7.75. The number of benzene rings is 3. The lowest BCUT2D eigenvalue weighted by atomic mass is 10.0. The summed E-state index contributed by atoms with van der Waals surface area (Å²) >= 11 is 0. The highest BCUT2D eigenvalue weighted by atomic mass is 16.5. The third kappa shape index (κ3) is 3.74. The fourth-order valence-corrected chi connectivity index (χ4v) is 3.53. The number of amides is 3. The third-order valence-electron chi connectivity index (χ3n) is 5.35. The number of nitriles is 1. The van der Waals surface area contributed by atoms with Crippen molar-refractivity contribution < 1.29 is 14.3 Å². The minimum Gasteiger partial charge on any atom is -0.457 e. The van der Waals surface area contributed by atoms with E-state index in [2.05, 4.69) is 0 Å². The largest absolute Gasteiger partial charge is 0.457 e. The second kappa shape index (κ2) is 7.96. The van der Waals surface area contributed by atoms with Gasteiger partial charge in [0.05, 0.1) is 23.9 Å². The summed E-state index contributed by atoms with van der Waals surface area (Å²) in [5, 5.41) is 9.00. The molecule has 0 unspecified atom stereocenters. The molecule has 0 radical (unpaired) electrons. The zero-order chi connectivity index (χ0) is 22.0. The van der Waals surface area contributed by atoms with Gasteiger partial charge in [-0.3, -0.25) is 4.79 Å². The van der Waals surface area contributed by atoms with Crippen molar-refractivity contribution in [1.82, 2.24) is 4.90 Å². The molecule has 3 amide bonds. The topological polar surface area (TPSA) is 73.6 Å². The molecule has 3 aromatic rings. The molecule has 0 saturated carbocycles. The van der Waals surface area contributed by atoms with Gasteiger partial charge < -0.3 is 9.64 Å². The Morgan fingerprint density at radius 2 is 1.55 bits per heavy atom. The summed E-state index contributed by atoms with van der Waals surface area (Å²) in [5.41, 5.74) is 0.664. The molecule has 1 aliphatic rings. The molecular weight excluding hydrogens is 390 g/mol. The SMILES string of the molecule is CC1(C)C(=O)N(c2ccc(C#N)cc2)C(=O)N1Cc1ccccc1Oc1ccccc1. The van der Waals surface area contributed by atoms with E-state index in [-0.39, 0.29) is 12.5 Å². The smallest absolute Gasteiger partial charge is 0.332 e. The second-order valence-corrected chi connectivity index (χ2v) is 7.75. The number of anilines is 1. The molecule has 31 heavy (non-hydrogen) atoms. The first-order valence-corrected chi connectivity index (χ1v) is 9.89. The third-order valence-corrected chi connectivity index (χ3v) is 5.35. The molecule has 4 rings (SSSR count).